The number of hydrogen-bond donors (Lipinski definition) is 1. The molecule has 152 valence electrons. The Morgan fingerprint density at radius 1 is 1.30 bits per heavy atom. The molecule has 0 aromatic carbocycles. The van der Waals surface area contributed by atoms with Crippen molar-refractivity contribution in [3.8, 4) is 0 Å². The monoisotopic (exact) mass is 391 g/mol. The van der Waals surface area contributed by atoms with E-state index in [1.807, 2.05) is 34.8 Å². The maximum absolute atomic E-state index is 12.6. The van der Waals surface area contributed by atoms with Crippen LogP contribution in [0.2, 0.25) is 0 Å². The molecule has 10 heteroatoms. The number of amides is 1. The maximum atomic E-state index is 12.6. The third-order valence-electron chi connectivity index (χ3n) is 4.70. The first-order valence-electron chi connectivity index (χ1n) is 8.60. The van der Waals surface area contributed by atoms with Gasteiger partial charge in [0.15, 0.2) is 0 Å². The Bertz CT molecular complexity index is 675. The number of aliphatic carboxylic acids is 1. The number of carboxylic acids is 1. The number of carbonyl (C=O) groups excluding carboxylic acids is 1. The number of aryl methyl sites for hydroxylation is 1. The van der Waals surface area contributed by atoms with Crippen LogP contribution in [0.25, 0.3) is 0 Å². The molecule has 2 atom stereocenters. The number of morpholine rings is 1. The molecule has 2 aliphatic heterocycles. The Hall–Kier alpha value is -2.07. The van der Waals surface area contributed by atoms with Gasteiger partial charge in [0.05, 0.1) is 18.8 Å². The predicted octanol–water partition coefficient (Wildman–Crippen LogP) is 1.59. The van der Waals surface area contributed by atoms with Crippen molar-refractivity contribution in [2.75, 3.05) is 26.2 Å². The number of likely N-dealkylation sites (tertiary alicyclic amines) is 1. The first-order valence-corrected chi connectivity index (χ1v) is 8.60. The van der Waals surface area contributed by atoms with Crippen LogP contribution in [0.3, 0.4) is 0 Å². The highest BCUT2D eigenvalue weighted by Crippen LogP contribution is 2.25. The quantitative estimate of drug-likeness (QED) is 0.829. The lowest BCUT2D eigenvalue weighted by atomic mass is 10.1. The molecule has 0 saturated carbocycles. The summed E-state index contributed by atoms with van der Waals surface area (Å²) in [6, 6.07) is 4.63. The van der Waals surface area contributed by atoms with Gasteiger partial charge < -0.3 is 19.3 Å². The van der Waals surface area contributed by atoms with E-state index in [-0.39, 0.29) is 12.0 Å². The van der Waals surface area contributed by atoms with Gasteiger partial charge in [0.2, 0.25) is 0 Å². The number of halogens is 3. The molecule has 2 aliphatic rings. The summed E-state index contributed by atoms with van der Waals surface area (Å²) in [5.74, 6) is -2.65. The molecular formula is C17H24F3N3O4. The fourth-order valence-electron chi connectivity index (χ4n) is 3.37. The minimum Gasteiger partial charge on any atom is -0.475 e. The zero-order chi connectivity index (χ0) is 20.4. The molecule has 1 aromatic heterocycles. The Morgan fingerprint density at radius 2 is 1.93 bits per heavy atom. The molecule has 0 spiro atoms. The van der Waals surface area contributed by atoms with E-state index < -0.39 is 12.1 Å². The van der Waals surface area contributed by atoms with Crippen molar-refractivity contribution < 1.29 is 32.6 Å². The van der Waals surface area contributed by atoms with Crippen LogP contribution in [0.5, 0.6) is 0 Å². The van der Waals surface area contributed by atoms with Crippen molar-refractivity contribution in [3.63, 3.8) is 0 Å². The maximum Gasteiger partial charge on any atom is 0.490 e. The number of rotatable bonds is 2. The fraction of sp³-hybridized carbons (Fsp3) is 0.647. The molecule has 1 N–H and O–H groups in total. The molecule has 7 nitrogen and oxygen atoms in total. The van der Waals surface area contributed by atoms with Crippen molar-refractivity contribution in [1.29, 1.82) is 0 Å². The number of nitrogens with zero attached hydrogens (tertiary/aromatic N) is 3. The summed E-state index contributed by atoms with van der Waals surface area (Å²) in [5.41, 5.74) is 0.750. The number of hydrogen-bond acceptors (Lipinski definition) is 4. The van der Waals surface area contributed by atoms with Crippen LogP contribution in [0, 0.1) is 0 Å². The van der Waals surface area contributed by atoms with E-state index in [0.717, 1.165) is 25.4 Å². The number of ether oxygens (including phenoxy) is 1. The zero-order valence-corrected chi connectivity index (χ0v) is 15.4. The number of fused-ring (bicyclic) bond motifs is 1. The second kappa shape index (κ2) is 8.30. The van der Waals surface area contributed by atoms with Crippen LogP contribution in [-0.2, 0) is 16.6 Å². The number of alkyl halides is 3. The second-order valence-corrected chi connectivity index (χ2v) is 6.83. The average molecular weight is 391 g/mol. The highest BCUT2D eigenvalue weighted by molar-refractivity contribution is 5.93. The Labute approximate surface area is 155 Å². The highest BCUT2D eigenvalue weighted by atomic mass is 19.4. The largest absolute Gasteiger partial charge is 0.490 e. The summed E-state index contributed by atoms with van der Waals surface area (Å²) in [6.07, 6.45) is -3.01. The molecule has 0 bridgehead atoms. The molecule has 1 aromatic rings. The molecule has 1 amide bonds. The standard InChI is InChI=1S/C15H23N3O2.C2HF3O2/c1-11(2)18-7-8-20-14-10-17(9-13(14)18)15(19)12-5-4-6-16(12)3;3-2(4,5)1(6)7/h4-6,11,13-14H,7-10H2,1-3H3;(H,6,7)/t13-,14+;/m1./s1. The van der Waals surface area contributed by atoms with Gasteiger partial charge in [0, 0.05) is 38.9 Å². The van der Waals surface area contributed by atoms with Crippen molar-refractivity contribution in [3.05, 3.63) is 24.0 Å². The van der Waals surface area contributed by atoms with Crippen LogP contribution in [0.15, 0.2) is 18.3 Å². The van der Waals surface area contributed by atoms with Crippen molar-refractivity contribution >= 4 is 11.9 Å². The van der Waals surface area contributed by atoms with E-state index in [2.05, 4.69) is 18.7 Å². The van der Waals surface area contributed by atoms with Crippen LogP contribution >= 0.6 is 0 Å². The first kappa shape index (κ1) is 21.2. The second-order valence-electron chi connectivity index (χ2n) is 6.83. The van der Waals surface area contributed by atoms with Gasteiger partial charge in [-0.3, -0.25) is 9.69 Å². The van der Waals surface area contributed by atoms with E-state index in [4.69, 9.17) is 14.6 Å². The smallest absolute Gasteiger partial charge is 0.475 e. The van der Waals surface area contributed by atoms with Crippen LogP contribution in [0.1, 0.15) is 24.3 Å². The summed E-state index contributed by atoms with van der Waals surface area (Å²) >= 11 is 0. The molecule has 2 saturated heterocycles. The summed E-state index contributed by atoms with van der Waals surface area (Å²) in [4.78, 5) is 25.9. The van der Waals surface area contributed by atoms with E-state index in [9.17, 15) is 18.0 Å². The SMILES string of the molecule is CC(C)N1CCO[C@H]2CN(C(=O)c3cccn3C)C[C@H]21.O=C(O)C(F)(F)F. The van der Waals surface area contributed by atoms with E-state index >= 15 is 0 Å². The molecule has 0 unspecified atom stereocenters. The molecule has 0 radical (unpaired) electrons. The number of carbonyl (C=O) groups is 2. The van der Waals surface area contributed by atoms with Crippen LogP contribution < -0.4 is 0 Å². The molecule has 3 rings (SSSR count). The van der Waals surface area contributed by atoms with E-state index in [0.29, 0.717) is 18.6 Å². The fourth-order valence-corrected chi connectivity index (χ4v) is 3.37. The lowest BCUT2D eigenvalue weighted by Crippen LogP contribution is -2.53. The Balaban J connectivity index is 0.000000321. The Kier molecular flexibility index (Phi) is 6.53. The molecule has 27 heavy (non-hydrogen) atoms. The van der Waals surface area contributed by atoms with Gasteiger partial charge in [0.25, 0.3) is 5.91 Å². The van der Waals surface area contributed by atoms with Crippen LogP contribution in [-0.4, -0.2) is 82.0 Å². The predicted molar refractivity (Wildman–Crippen MR) is 90.4 cm³/mol. The highest BCUT2D eigenvalue weighted by Gasteiger charge is 2.43. The van der Waals surface area contributed by atoms with E-state index in [1.54, 1.807) is 0 Å². The minimum absolute atomic E-state index is 0.110. The normalized spacial score (nSPS) is 23.0. The Morgan fingerprint density at radius 3 is 2.41 bits per heavy atom. The minimum atomic E-state index is -5.08. The summed E-state index contributed by atoms with van der Waals surface area (Å²) in [5, 5.41) is 7.12. The van der Waals surface area contributed by atoms with Gasteiger partial charge in [-0.25, -0.2) is 4.79 Å². The third kappa shape index (κ3) is 5.01. The van der Waals surface area contributed by atoms with Gasteiger partial charge in [-0.1, -0.05) is 0 Å². The summed E-state index contributed by atoms with van der Waals surface area (Å²) in [7, 11) is 1.91. The zero-order valence-electron chi connectivity index (χ0n) is 15.4. The first-order chi connectivity index (χ1) is 12.5. The average Bonchev–Trinajstić information content (AvgIpc) is 3.19. The number of carboxylic acid groups (broad SMARTS) is 1. The summed E-state index contributed by atoms with van der Waals surface area (Å²) in [6.45, 7) is 7.63. The van der Waals surface area contributed by atoms with Crippen LogP contribution in [0.4, 0.5) is 13.2 Å². The lowest BCUT2D eigenvalue weighted by Gasteiger charge is -2.39. The van der Waals surface area contributed by atoms with Gasteiger partial charge >= 0.3 is 12.1 Å². The van der Waals surface area contributed by atoms with Gasteiger partial charge in [-0.2, -0.15) is 13.2 Å². The third-order valence-corrected chi connectivity index (χ3v) is 4.70. The molecule has 3 heterocycles. The van der Waals surface area contributed by atoms with Gasteiger partial charge in [0.1, 0.15) is 5.69 Å². The van der Waals surface area contributed by atoms with Crippen molar-refractivity contribution in [1.82, 2.24) is 14.4 Å². The molecule has 2 fully saturated rings. The molecular weight excluding hydrogens is 367 g/mol. The van der Waals surface area contributed by atoms with Crippen molar-refractivity contribution in [2.24, 2.45) is 7.05 Å². The summed E-state index contributed by atoms with van der Waals surface area (Å²) < 4.78 is 39.5. The van der Waals surface area contributed by atoms with Gasteiger partial charge in [-0.05, 0) is 26.0 Å². The molecule has 0 aliphatic carbocycles. The van der Waals surface area contributed by atoms with E-state index in [1.165, 1.54) is 0 Å². The van der Waals surface area contributed by atoms with Gasteiger partial charge in [-0.15, -0.1) is 0 Å². The number of aromatic nitrogens is 1. The lowest BCUT2D eigenvalue weighted by molar-refractivity contribution is -0.192. The van der Waals surface area contributed by atoms with Crippen molar-refractivity contribution in [2.45, 2.75) is 38.2 Å². The topological polar surface area (TPSA) is 75.0 Å².